The molecule has 2 rings (SSSR count). The van der Waals surface area contributed by atoms with Crippen molar-refractivity contribution >= 4 is 17.3 Å². The lowest BCUT2D eigenvalue weighted by molar-refractivity contribution is -0.120. The van der Waals surface area contributed by atoms with Crippen molar-refractivity contribution in [1.82, 2.24) is 0 Å². The Bertz CT molecular complexity index is 438. The first kappa shape index (κ1) is 11.0. The number of nitrogens with zero attached hydrogens (tertiary/aromatic N) is 1. The quantitative estimate of drug-likeness (QED) is 0.785. The average molecular weight is 218 g/mol. The number of fused-ring (bicyclic) bond motifs is 1. The van der Waals surface area contributed by atoms with Crippen molar-refractivity contribution < 1.29 is 4.79 Å². The standard InChI is InChI=1S/C13H18N2O/c1-5-15-11-7-6-9(2)8-10(11)14-12(16)13(15,3)4/h6-8H,5H2,1-4H3,(H,14,16). The molecule has 0 saturated carbocycles. The molecule has 1 aromatic carbocycles. The number of hydrogen-bond acceptors (Lipinski definition) is 2. The van der Waals surface area contributed by atoms with Gasteiger partial charge < -0.3 is 10.2 Å². The monoisotopic (exact) mass is 218 g/mol. The maximum atomic E-state index is 12.0. The van der Waals surface area contributed by atoms with Gasteiger partial charge in [0.25, 0.3) is 0 Å². The highest BCUT2D eigenvalue weighted by Gasteiger charge is 2.38. The summed E-state index contributed by atoms with van der Waals surface area (Å²) in [7, 11) is 0. The lowest BCUT2D eigenvalue weighted by Gasteiger charge is -2.43. The molecule has 1 aromatic rings. The Morgan fingerprint density at radius 1 is 1.38 bits per heavy atom. The molecule has 0 aliphatic carbocycles. The van der Waals surface area contributed by atoms with Gasteiger partial charge in [-0.25, -0.2) is 0 Å². The molecule has 86 valence electrons. The molecule has 0 fully saturated rings. The maximum Gasteiger partial charge on any atom is 0.249 e. The molecule has 1 N–H and O–H groups in total. The summed E-state index contributed by atoms with van der Waals surface area (Å²) in [5.74, 6) is 0.0625. The Hall–Kier alpha value is -1.51. The van der Waals surface area contributed by atoms with Crippen LogP contribution in [0.5, 0.6) is 0 Å². The molecule has 0 radical (unpaired) electrons. The van der Waals surface area contributed by atoms with Gasteiger partial charge in [0.2, 0.25) is 5.91 Å². The summed E-state index contributed by atoms with van der Waals surface area (Å²) in [6.45, 7) is 8.84. The van der Waals surface area contributed by atoms with Gasteiger partial charge in [-0.3, -0.25) is 4.79 Å². The molecule has 1 heterocycles. The summed E-state index contributed by atoms with van der Waals surface area (Å²) in [5.41, 5.74) is 2.72. The van der Waals surface area contributed by atoms with Crippen molar-refractivity contribution in [2.24, 2.45) is 0 Å². The zero-order chi connectivity index (χ0) is 11.9. The van der Waals surface area contributed by atoms with E-state index in [0.29, 0.717) is 0 Å². The van der Waals surface area contributed by atoms with Gasteiger partial charge in [0.15, 0.2) is 0 Å². The van der Waals surface area contributed by atoms with Crippen LogP contribution in [0.25, 0.3) is 0 Å². The van der Waals surface area contributed by atoms with E-state index < -0.39 is 5.54 Å². The average Bonchev–Trinajstić information content (AvgIpc) is 2.20. The molecule has 1 aliphatic heterocycles. The summed E-state index contributed by atoms with van der Waals surface area (Å²) in [4.78, 5) is 14.1. The predicted molar refractivity (Wildman–Crippen MR) is 66.9 cm³/mol. The molecule has 0 atom stereocenters. The van der Waals surface area contributed by atoms with Crippen LogP contribution < -0.4 is 10.2 Å². The topological polar surface area (TPSA) is 32.3 Å². The van der Waals surface area contributed by atoms with Crippen molar-refractivity contribution in [2.75, 3.05) is 16.8 Å². The minimum absolute atomic E-state index is 0.0625. The number of benzene rings is 1. The highest BCUT2D eigenvalue weighted by atomic mass is 16.2. The molecule has 1 amide bonds. The number of amides is 1. The Kier molecular flexibility index (Phi) is 2.41. The number of likely N-dealkylation sites (N-methyl/N-ethyl adjacent to an activating group) is 1. The van der Waals surface area contributed by atoms with E-state index in [1.165, 1.54) is 0 Å². The van der Waals surface area contributed by atoms with Gasteiger partial charge in [-0.2, -0.15) is 0 Å². The molecule has 16 heavy (non-hydrogen) atoms. The molecular weight excluding hydrogens is 200 g/mol. The van der Waals surface area contributed by atoms with E-state index in [4.69, 9.17) is 0 Å². The predicted octanol–water partition coefficient (Wildman–Crippen LogP) is 2.55. The Morgan fingerprint density at radius 2 is 2.06 bits per heavy atom. The fraction of sp³-hybridized carbons (Fsp3) is 0.462. The first-order valence-corrected chi connectivity index (χ1v) is 5.66. The van der Waals surface area contributed by atoms with Gasteiger partial charge in [0.1, 0.15) is 5.54 Å². The zero-order valence-corrected chi connectivity index (χ0v) is 10.3. The van der Waals surface area contributed by atoms with Crippen molar-refractivity contribution in [3.8, 4) is 0 Å². The zero-order valence-electron chi connectivity index (χ0n) is 10.3. The summed E-state index contributed by atoms with van der Waals surface area (Å²) >= 11 is 0. The number of rotatable bonds is 1. The number of anilines is 2. The van der Waals surface area contributed by atoms with Gasteiger partial charge in [-0.1, -0.05) is 6.07 Å². The molecule has 1 aliphatic rings. The van der Waals surface area contributed by atoms with Crippen LogP contribution in [0.2, 0.25) is 0 Å². The van der Waals surface area contributed by atoms with Gasteiger partial charge in [0, 0.05) is 6.54 Å². The van der Waals surface area contributed by atoms with E-state index in [2.05, 4.69) is 29.3 Å². The second-order valence-corrected chi connectivity index (χ2v) is 4.78. The van der Waals surface area contributed by atoms with Crippen molar-refractivity contribution in [3.63, 3.8) is 0 Å². The summed E-state index contributed by atoms with van der Waals surface area (Å²) in [6, 6.07) is 6.18. The van der Waals surface area contributed by atoms with Gasteiger partial charge in [-0.15, -0.1) is 0 Å². The van der Waals surface area contributed by atoms with Crippen LogP contribution in [0.3, 0.4) is 0 Å². The third-order valence-electron chi connectivity index (χ3n) is 3.24. The number of nitrogens with one attached hydrogen (secondary N) is 1. The van der Waals surface area contributed by atoms with Crippen LogP contribution in [0.4, 0.5) is 11.4 Å². The minimum Gasteiger partial charge on any atom is -0.356 e. The first-order valence-electron chi connectivity index (χ1n) is 5.66. The SMILES string of the molecule is CCN1c2ccc(C)cc2NC(=O)C1(C)C. The van der Waals surface area contributed by atoms with Crippen molar-refractivity contribution in [3.05, 3.63) is 23.8 Å². The second kappa shape index (κ2) is 3.51. The normalized spacial score (nSPS) is 18.0. The highest BCUT2D eigenvalue weighted by molar-refractivity contribution is 6.06. The Balaban J connectivity index is 2.56. The van der Waals surface area contributed by atoms with Crippen molar-refractivity contribution in [1.29, 1.82) is 0 Å². The smallest absolute Gasteiger partial charge is 0.249 e. The van der Waals surface area contributed by atoms with Crippen LogP contribution in [-0.4, -0.2) is 18.0 Å². The number of carbonyl (C=O) groups excluding carboxylic acids is 1. The van der Waals surface area contributed by atoms with E-state index >= 15 is 0 Å². The lowest BCUT2D eigenvalue weighted by Crippen LogP contribution is -2.56. The summed E-state index contributed by atoms with van der Waals surface area (Å²) < 4.78 is 0. The molecule has 0 saturated heterocycles. The number of aryl methyl sites for hydroxylation is 1. The first-order chi connectivity index (χ1) is 7.46. The van der Waals surface area contributed by atoms with Crippen LogP contribution in [0.15, 0.2) is 18.2 Å². The number of carbonyl (C=O) groups is 1. The molecule has 0 bridgehead atoms. The molecule has 0 unspecified atom stereocenters. The summed E-state index contributed by atoms with van der Waals surface area (Å²) in [6.07, 6.45) is 0. The molecular formula is C13H18N2O. The van der Waals surface area contributed by atoms with Crippen LogP contribution in [-0.2, 0) is 4.79 Å². The molecule has 3 heteroatoms. The van der Waals surface area contributed by atoms with E-state index in [1.54, 1.807) is 0 Å². The largest absolute Gasteiger partial charge is 0.356 e. The molecule has 0 spiro atoms. The maximum absolute atomic E-state index is 12.0. The summed E-state index contributed by atoms with van der Waals surface area (Å²) in [5, 5.41) is 2.97. The molecule has 0 aromatic heterocycles. The second-order valence-electron chi connectivity index (χ2n) is 4.78. The third kappa shape index (κ3) is 1.47. The lowest BCUT2D eigenvalue weighted by atomic mass is 9.96. The van der Waals surface area contributed by atoms with Gasteiger partial charge in [-0.05, 0) is 45.4 Å². The minimum atomic E-state index is -0.475. The Labute approximate surface area is 96.5 Å². The Morgan fingerprint density at radius 3 is 2.69 bits per heavy atom. The highest BCUT2D eigenvalue weighted by Crippen LogP contribution is 2.36. The van der Waals surface area contributed by atoms with Crippen molar-refractivity contribution in [2.45, 2.75) is 33.2 Å². The van der Waals surface area contributed by atoms with Crippen LogP contribution in [0, 0.1) is 6.92 Å². The van der Waals surface area contributed by atoms with Gasteiger partial charge in [0.05, 0.1) is 11.4 Å². The molecule has 3 nitrogen and oxygen atoms in total. The van der Waals surface area contributed by atoms with E-state index in [1.807, 2.05) is 26.8 Å². The van der Waals surface area contributed by atoms with Gasteiger partial charge >= 0.3 is 0 Å². The van der Waals surface area contributed by atoms with Crippen LogP contribution in [0.1, 0.15) is 26.3 Å². The van der Waals surface area contributed by atoms with E-state index in [9.17, 15) is 4.79 Å². The fourth-order valence-corrected chi connectivity index (χ4v) is 2.25. The van der Waals surface area contributed by atoms with Crippen LogP contribution >= 0.6 is 0 Å². The third-order valence-corrected chi connectivity index (χ3v) is 3.24. The van der Waals surface area contributed by atoms with E-state index in [0.717, 1.165) is 23.5 Å². The van der Waals surface area contributed by atoms with E-state index in [-0.39, 0.29) is 5.91 Å². The fourth-order valence-electron chi connectivity index (χ4n) is 2.25. The number of hydrogen-bond donors (Lipinski definition) is 1.